The number of nitrogens with zero attached hydrogens (tertiary/aromatic N) is 12. The number of hydrogen-bond donors (Lipinski definition) is 8. The minimum absolute atomic E-state index is 0.0167. The molecule has 0 amide bonds. The van der Waals surface area contributed by atoms with Crippen LogP contribution in [-0.4, -0.2) is 179 Å². The first kappa shape index (κ1) is 50.1. The molecular formula is C34H46N15O18P3. The number of ether oxygens (including phenoxy) is 5. The number of anilines is 3. The van der Waals surface area contributed by atoms with E-state index in [0.29, 0.717) is 0 Å². The summed E-state index contributed by atoms with van der Waals surface area (Å²) in [6, 6.07) is 0. The largest absolute Gasteiger partial charge is 0.472 e. The van der Waals surface area contributed by atoms with Crippen molar-refractivity contribution in [1.29, 1.82) is 0 Å². The van der Waals surface area contributed by atoms with Crippen LogP contribution in [0.5, 0.6) is 0 Å². The van der Waals surface area contributed by atoms with Gasteiger partial charge in [-0.2, -0.15) is 0 Å². The Labute approximate surface area is 392 Å². The highest BCUT2D eigenvalue weighted by atomic mass is 31.2. The van der Waals surface area contributed by atoms with Gasteiger partial charge in [0.05, 0.1) is 44.5 Å². The van der Waals surface area contributed by atoms with Gasteiger partial charge in [0.1, 0.15) is 84.4 Å². The molecule has 15 atom stereocenters. The number of aliphatic hydroxyl groups excluding tert-OH is 2. The number of hydrogen-bond acceptors (Lipinski definition) is 27. The molecule has 380 valence electrons. The van der Waals surface area contributed by atoms with Gasteiger partial charge in [0.2, 0.25) is 0 Å². The molecule has 6 aromatic heterocycles. The molecule has 9 heterocycles. The number of rotatable bonds is 19. The van der Waals surface area contributed by atoms with Crippen LogP contribution < -0.4 is 17.2 Å². The molecule has 3 fully saturated rings. The molecule has 11 N–H and O–H groups in total. The van der Waals surface area contributed by atoms with Crippen LogP contribution in [0, 0.1) is 0 Å². The summed E-state index contributed by atoms with van der Waals surface area (Å²) < 4.78 is 101. The second kappa shape index (κ2) is 19.6. The number of phosphoric ester groups is 2. The van der Waals surface area contributed by atoms with Crippen molar-refractivity contribution in [2.45, 2.75) is 80.0 Å². The van der Waals surface area contributed by atoms with Crippen LogP contribution >= 0.6 is 23.2 Å². The molecular weight excluding hydrogens is 999 g/mol. The summed E-state index contributed by atoms with van der Waals surface area (Å²) in [5.41, 5.74) is 18.8. The van der Waals surface area contributed by atoms with Crippen molar-refractivity contribution in [3.05, 3.63) is 38.0 Å². The number of phosphoric acid groups is 2. The lowest BCUT2D eigenvalue weighted by Crippen LogP contribution is -2.38. The third-order valence-electron chi connectivity index (χ3n) is 11.7. The Morgan fingerprint density at radius 3 is 1.40 bits per heavy atom. The van der Waals surface area contributed by atoms with Crippen LogP contribution in [-0.2, 0) is 60.0 Å². The molecule has 3 aliphatic rings. The van der Waals surface area contributed by atoms with Crippen molar-refractivity contribution in [1.82, 2.24) is 58.6 Å². The molecule has 70 heavy (non-hydrogen) atoms. The van der Waals surface area contributed by atoms with E-state index in [4.69, 9.17) is 63.5 Å². The van der Waals surface area contributed by atoms with Gasteiger partial charge in [-0.25, -0.2) is 54.0 Å². The van der Waals surface area contributed by atoms with Crippen molar-refractivity contribution in [2.24, 2.45) is 0 Å². The van der Waals surface area contributed by atoms with E-state index < -0.39 is 116 Å². The number of aromatic nitrogens is 12. The molecule has 0 saturated carbocycles. The van der Waals surface area contributed by atoms with Crippen LogP contribution in [0.1, 0.15) is 25.1 Å². The van der Waals surface area contributed by atoms with E-state index in [2.05, 4.69) is 44.9 Å². The van der Waals surface area contributed by atoms with Crippen molar-refractivity contribution in [3.8, 4) is 0 Å². The summed E-state index contributed by atoms with van der Waals surface area (Å²) in [5.74, 6) is 0.0404. The fourth-order valence-corrected chi connectivity index (χ4v) is 11.0. The van der Waals surface area contributed by atoms with Gasteiger partial charge in [-0.1, -0.05) is 0 Å². The van der Waals surface area contributed by atoms with Crippen molar-refractivity contribution in [3.63, 3.8) is 0 Å². The highest BCUT2D eigenvalue weighted by Crippen LogP contribution is 2.54. The number of fused-ring (bicyclic) bond motifs is 3. The third kappa shape index (κ3) is 9.63. The van der Waals surface area contributed by atoms with Crippen LogP contribution in [0.15, 0.2) is 38.0 Å². The molecule has 0 aromatic carbocycles. The van der Waals surface area contributed by atoms with E-state index in [1.54, 1.807) is 0 Å². The Hall–Kier alpha value is -4.86. The lowest BCUT2D eigenvalue weighted by molar-refractivity contribution is -0.0647. The summed E-state index contributed by atoms with van der Waals surface area (Å²) >= 11 is 0. The van der Waals surface area contributed by atoms with Crippen LogP contribution in [0.2, 0.25) is 0 Å². The zero-order chi connectivity index (χ0) is 49.9. The average Bonchev–Trinajstić information content (AvgIpc) is 4.19. The molecule has 36 heteroatoms. The van der Waals surface area contributed by atoms with E-state index in [9.17, 15) is 38.6 Å². The van der Waals surface area contributed by atoms with Gasteiger partial charge >= 0.3 is 23.2 Å². The molecule has 3 saturated heterocycles. The van der Waals surface area contributed by atoms with E-state index >= 15 is 0 Å². The Morgan fingerprint density at radius 2 is 0.957 bits per heavy atom. The molecule has 15 unspecified atom stereocenters. The third-order valence-corrected chi connectivity index (χ3v) is 15.1. The van der Waals surface area contributed by atoms with Gasteiger partial charge < -0.3 is 70.3 Å². The quantitative estimate of drug-likeness (QED) is 0.0447. The molecule has 3 aliphatic heterocycles. The summed E-state index contributed by atoms with van der Waals surface area (Å²) in [5, 5.41) is 21.9. The predicted molar refractivity (Wildman–Crippen MR) is 232 cm³/mol. The van der Waals surface area contributed by atoms with Crippen molar-refractivity contribution < 1.29 is 84.9 Å². The molecule has 0 bridgehead atoms. The lowest BCUT2D eigenvalue weighted by Gasteiger charge is -2.27. The van der Waals surface area contributed by atoms with Crippen molar-refractivity contribution >= 4 is 74.2 Å². The van der Waals surface area contributed by atoms with Crippen molar-refractivity contribution in [2.75, 3.05) is 57.9 Å². The number of nitrogen functional groups attached to an aromatic ring is 3. The highest BCUT2D eigenvalue weighted by molar-refractivity contribution is 7.52. The van der Waals surface area contributed by atoms with Gasteiger partial charge in [0, 0.05) is 21.3 Å². The molecule has 0 radical (unpaired) electrons. The lowest BCUT2D eigenvalue weighted by atomic mass is 10.1. The Morgan fingerprint density at radius 1 is 0.557 bits per heavy atom. The van der Waals surface area contributed by atoms with Gasteiger partial charge in [0.25, 0.3) is 0 Å². The van der Waals surface area contributed by atoms with Gasteiger partial charge in [-0.3, -0.25) is 36.4 Å². The average molecular weight is 1050 g/mol. The van der Waals surface area contributed by atoms with Crippen LogP contribution in [0.25, 0.3) is 33.5 Å². The second-order valence-electron chi connectivity index (χ2n) is 15.8. The maximum Gasteiger partial charge on any atom is 0.472 e. The van der Waals surface area contributed by atoms with E-state index in [-0.39, 0.29) is 57.4 Å². The zero-order valence-corrected chi connectivity index (χ0v) is 39.4. The van der Waals surface area contributed by atoms with Gasteiger partial charge in [-0.15, -0.1) is 0 Å². The zero-order valence-electron chi connectivity index (χ0n) is 36.7. The molecule has 33 nitrogen and oxygen atoms in total. The maximum atomic E-state index is 14.0. The van der Waals surface area contributed by atoms with Crippen LogP contribution in [0.3, 0.4) is 0 Å². The van der Waals surface area contributed by atoms with Gasteiger partial charge in [0.15, 0.2) is 53.1 Å². The number of imidazole rings is 3. The molecule has 6 aromatic rings. The Bertz CT molecular complexity index is 3010. The smallest absolute Gasteiger partial charge is 0.387 e. The van der Waals surface area contributed by atoms with E-state index in [0.717, 1.165) is 19.8 Å². The maximum absolute atomic E-state index is 14.0. The summed E-state index contributed by atoms with van der Waals surface area (Å²) in [7, 11) is -11.0. The Kier molecular flexibility index (Phi) is 14.0. The molecule has 0 spiro atoms. The van der Waals surface area contributed by atoms with Crippen LogP contribution in [0.4, 0.5) is 17.5 Å². The predicted octanol–water partition coefficient (Wildman–Crippen LogP) is -1.08. The standard InChI is InChI=1S/C34H46N15O18P3/c1-58-22-14(4-5-68(52,53)60-3)63-33(48-12-45-18-27(36)39-9-42-30(18)48)24(22)66-70(56,57)62-7-16-23(59-2)25(34(65-16)49-13-46-19-28(37)40-10-43-31(19)49)67-69(54,55)61-6-15-20(50)21(51)32(64-15)47-11-44-17-26(35)38-8-41-29(17)47/h8-16,20-25,32-34,50-51H,4-7H2,1-3H3,(H,52,53)(H,54,55)(H,56,57)(H2,35,38,41)(H2,36,39,42)(H2,37,40,43). The van der Waals surface area contributed by atoms with Gasteiger partial charge in [-0.05, 0) is 6.42 Å². The minimum Gasteiger partial charge on any atom is -0.387 e. The fraction of sp³-hybridized carbons (Fsp3) is 0.559. The van der Waals surface area contributed by atoms with E-state index in [1.807, 2.05) is 0 Å². The first-order valence-corrected chi connectivity index (χ1v) is 25.5. The Balaban J connectivity index is 0.940. The minimum atomic E-state index is -5.25. The highest BCUT2D eigenvalue weighted by Gasteiger charge is 2.54. The summed E-state index contributed by atoms with van der Waals surface area (Å²) in [6.45, 7) is -1.63. The topological polar surface area (TPSA) is 454 Å². The monoisotopic (exact) mass is 1050 g/mol. The first-order valence-electron chi connectivity index (χ1n) is 20.7. The normalized spacial score (nSPS) is 30.9. The first-order chi connectivity index (χ1) is 33.3. The summed E-state index contributed by atoms with van der Waals surface area (Å²) in [6.07, 6.45) is -10.3. The summed E-state index contributed by atoms with van der Waals surface area (Å²) in [4.78, 5) is 69.7. The molecule has 9 rings (SSSR count). The number of nitrogens with two attached hydrogens (primary N) is 3. The molecule has 0 aliphatic carbocycles. The van der Waals surface area contributed by atoms with E-state index in [1.165, 1.54) is 53.2 Å². The fourth-order valence-electron chi connectivity index (χ4n) is 8.38. The second-order valence-corrected chi connectivity index (χ2v) is 20.7. The number of aliphatic hydroxyl groups is 2. The number of methoxy groups -OCH3 is 2. The SMILES string of the molecule is COC1C(CCP(=O)(O)OC)OC(n2cnc3c(N)ncnc32)C1OP(=O)(O)OCC1OC(n2cnc3c(N)ncnc32)C(OP(=O)(O)OCC2OC(n3cnc4c(N)ncnc43)C(O)C2O)C1OC.